The smallest absolute Gasteiger partial charge is 0.251 e. The van der Waals surface area contributed by atoms with Crippen LogP contribution in [-0.2, 0) is 0 Å². The summed E-state index contributed by atoms with van der Waals surface area (Å²) in [5, 5.41) is 12.3. The number of hydrogen-bond donors (Lipinski definition) is 2. The van der Waals surface area contributed by atoms with Crippen LogP contribution >= 0.6 is 0 Å². The largest absolute Gasteiger partial charge is 0.393 e. The van der Waals surface area contributed by atoms with Gasteiger partial charge < -0.3 is 10.4 Å². The minimum absolute atomic E-state index is 0.0773. The van der Waals surface area contributed by atoms with E-state index in [1.54, 1.807) is 0 Å². The Morgan fingerprint density at radius 3 is 2.45 bits per heavy atom. The van der Waals surface area contributed by atoms with Crippen molar-refractivity contribution >= 4 is 12.0 Å². The number of benzene rings is 1. The molecule has 0 saturated heterocycles. The second-order valence-electron chi connectivity index (χ2n) is 5.13. The van der Waals surface area contributed by atoms with Crippen LogP contribution < -0.4 is 5.32 Å². The Kier molecular flexibility index (Phi) is 6.46. The van der Waals surface area contributed by atoms with Gasteiger partial charge in [-0.15, -0.1) is 0 Å². The summed E-state index contributed by atoms with van der Waals surface area (Å²) in [5.41, 5.74) is 4.05. The Bertz CT molecular complexity index is 469. The summed E-state index contributed by atoms with van der Waals surface area (Å²) < 4.78 is 0. The number of aliphatic hydroxyl groups excluding tert-OH is 1. The molecule has 20 heavy (non-hydrogen) atoms. The third-order valence-electron chi connectivity index (χ3n) is 3.42. The molecule has 0 radical (unpaired) electrons. The molecule has 110 valence electrons. The van der Waals surface area contributed by atoms with Gasteiger partial charge in [0.2, 0.25) is 0 Å². The van der Waals surface area contributed by atoms with Gasteiger partial charge in [0.15, 0.2) is 0 Å². The molecule has 0 fully saturated rings. The molecular formula is C17H25NO2. The summed E-state index contributed by atoms with van der Waals surface area (Å²) in [6.07, 6.45) is 5.03. The molecule has 1 amide bonds. The van der Waals surface area contributed by atoms with Crippen LogP contribution in [0.5, 0.6) is 0 Å². The number of amides is 1. The summed E-state index contributed by atoms with van der Waals surface area (Å²) in [7, 11) is 0. The van der Waals surface area contributed by atoms with Gasteiger partial charge in [-0.1, -0.05) is 19.1 Å². The van der Waals surface area contributed by atoms with Crippen LogP contribution in [0.3, 0.4) is 0 Å². The quantitative estimate of drug-likeness (QED) is 0.837. The lowest BCUT2D eigenvalue weighted by atomic mass is 9.98. The SMILES string of the molecule is C/C=C/c1c(C)cc(C(=O)NCCC(O)CC)cc1C. The van der Waals surface area contributed by atoms with E-state index in [-0.39, 0.29) is 12.0 Å². The highest BCUT2D eigenvalue weighted by Gasteiger charge is 2.10. The molecule has 1 aromatic rings. The average Bonchev–Trinajstić information content (AvgIpc) is 2.42. The van der Waals surface area contributed by atoms with Crippen molar-refractivity contribution in [2.45, 2.75) is 46.6 Å². The first-order valence-electron chi connectivity index (χ1n) is 7.19. The van der Waals surface area contributed by atoms with Gasteiger partial charge in [0.25, 0.3) is 5.91 Å². The number of hydrogen-bond acceptors (Lipinski definition) is 2. The normalized spacial score (nSPS) is 12.7. The molecule has 0 spiro atoms. The fourth-order valence-electron chi connectivity index (χ4n) is 2.19. The van der Waals surface area contributed by atoms with E-state index in [1.807, 2.05) is 45.9 Å². The summed E-state index contributed by atoms with van der Waals surface area (Å²) in [5.74, 6) is -0.0773. The summed E-state index contributed by atoms with van der Waals surface area (Å²) in [6.45, 7) is 8.44. The van der Waals surface area contributed by atoms with Crippen molar-refractivity contribution in [1.82, 2.24) is 5.32 Å². The molecule has 0 aliphatic rings. The molecule has 0 saturated carbocycles. The minimum Gasteiger partial charge on any atom is -0.393 e. The number of carbonyl (C=O) groups excluding carboxylic acids is 1. The molecule has 0 aliphatic heterocycles. The first-order chi connectivity index (χ1) is 9.49. The second-order valence-corrected chi connectivity index (χ2v) is 5.13. The van der Waals surface area contributed by atoms with Crippen molar-refractivity contribution in [2.24, 2.45) is 0 Å². The summed E-state index contributed by atoms with van der Waals surface area (Å²) >= 11 is 0. The summed E-state index contributed by atoms with van der Waals surface area (Å²) in [4.78, 5) is 12.1. The Morgan fingerprint density at radius 1 is 1.35 bits per heavy atom. The third kappa shape index (κ3) is 4.49. The Hall–Kier alpha value is -1.61. The molecule has 1 atom stereocenters. The maximum absolute atomic E-state index is 12.1. The Morgan fingerprint density at radius 2 is 1.95 bits per heavy atom. The van der Waals surface area contributed by atoms with Crippen molar-refractivity contribution < 1.29 is 9.90 Å². The number of allylic oxidation sites excluding steroid dienone is 1. The number of rotatable bonds is 6. The molecule has 1 unspecified atom stereocenters. The van der Waals surface area contributed by atoms with Crippen LogP contribution in [0.15, 0.2) is 18.2 Å². The number of aliphatic hydroxyl groups is 1. The number of aryl methyl sites for hydroxylation is 2. The van der Waals surface area contributed by atoms with E-state index in [0.717, 1.165) is 11.1 Å². The van der Waals surface area contributed by atoms with Crippen LogP contribution in [0.25, 0.3) is 6.08 Å². The van der Waals surface area contributed by atoms with Gasteiger partial charge >= 0.3 is 0 Å². The predicted octanol–water partition coefficient (Wildman–Crippen LogP) is 3.23. The topological polar surface area (TPSA) is 49.3 Å². The first-order valence-corrected chi connectivity index (χ1v) is 7.19. The van der Waals surface area contributed by atoms with Gasteiger partial charge in [-0.25, -0.2) is 0 Å². The molecule has 2 N–H and O–H groups in total. The van der Waals surface area contributed by atoms with Crippen molar-refractivity contribution in [3.8, 4) is 0 Å². The maximum atomic E-state index is 12.1. The highest BCUT2D eigenvalue weighted by molar-refractivity contribution is 5.95. The lowest BCUT2D eigenvalue weighted by molar-refractivity contribution is 0.0942. The van der Waals surface area contributed by atoms with Gasteiger partial charge in [0.1, 0.15) is 0 Å². The van der Waals surface area contributed by atoms with Crippen molar-refractivity contribution in [3.63, 3.8) is 0 Å². The first kappa shape index (κ1) is 16.4. The van der Waals surface area contributed by atoms with E-state index < -0.39 is 0 Å². The predicted molar refractivity (Wildman–Crippen MR) is 83.9 cm³/mol. The van der Waals surface area contributed by atoms with Gasteiger partial charge in [0.05, 0.1) is 6.10 Å². The molecule has 0 heterocycles. The van der Waals surface area contributed by atoms with Crippen LogP contribution in [-0.4, -0.2) is 23.7 Å². The minimum atomic E-state index is -0.337. The Balaban J connectivity index is 2.74. The van der Waals surface area contributed by atoms with E-state index in [9.17, 15) is 9.90 Å². The highest BCUT2D eigenvalue weighted by atomic mass is 16.3. The molecule has 3 heteroatoms. The van der Waals surface area contributed by atoms with Crippen LogP contribution in [0.1, 0.15) is 53.7 Å². The van der Waals surface area contributed by atoms with Crippen molar-refractivity contribution in [1.29, 1.82) is 0 Å². The fourth-order valence-corrected chi connectivity index (χ4v) is 2.19. The highest BCUT2D eigenvalue weighted by Crippen LogP contribution is 2.18. The molecule has 0 bridgehead atoms. The van der Waals surface area contributed by atoms with Gasteiger partial charge in [-0.2, -0.15) is 0 Å². The molecule has 0 aliphatic carbocycles. The average molecular weight is 275 g/mol. The third-order valence-corrected chi connectivity index (χ3v) is 3.42. The second kappa shape index (κ2) is 7.85. The van der Waals surface area contributed by atoms with E-state index in [2.05, 4.69) is 11.4 Å². The molecule has 1 rings (SSSR count). The molecule has 0 aromatic heterocycles. The van der Waals surface area contributed by atoms with Gasteiger partial charge in [0, 0.05) is 12.1 Å². The Labute approximate surface area is 121 Å². The lowest BCUT2D eigenvalue weighted by Gasteiger charge is -2.11. The van der Waals surface area contributed by atoms with Crippen LogP contribution in [0.2, 0.25) is 0 Å². The number of carbonyl (C=O) groups is 1. The molecule has 1 aromatic carbocycles. The standard InChI is InChI=1S/C17H25NO2/c1-5-7-16-12(3)10-14(11-13(16)4)17(20)18-9-8-15(19)6-2/h5,7,10-11,15,19H,6,8-9H2,1-4H3,(H,18,20)/b7-5+. The van der Waals surface area contributed by atoms with Crippen LogP contribution in [0.4, 0.5) is 0 Å². The van der Waals surface area contributed by atoms with E-state index in [4.69, 9.17) is 0 Å². The zero-order valence-electron chi connectivity index (χ0n) is 12.9. The monoisotopic (exact) mass is 275 g/mol. The van der Waals surface area contributed by atoms with Crippen molar-refractivity contribution in [3.05, 3.63) is 40.5 Å². The zero-order valence-corrected chi connectivity index (χ0v) is 12.9. The van der Waals surface area contributed by atoms with Crippen molar-refractivity contribution in [2.75, 3.05) is 6.54 Å². The molecule has 3 nitrogen and oxygen atoms in total. The van der Waals surface area contributed by atoms with E-state index in [0.29, 0.717) is 24.9 Å². The van der Waals surface area contributed by atoms with Gasteiger partial charge in [-0.05, 0) is 62.4 Å². The molecular weight excluding hydrogens is 250 g/mol. The fraction of sp³-hybridized carbons (Fsp3) is 0.471. The lowest BCUT2D eigenvalue weighted by Crippen LogP contribution is -2.27. The summed E-state index contributed by atoms with van der Waals surface area (Å²) in [6, 6.07) is 3.82. The van der Waals surface area contributed by atoms with E-state index >= 15 is 0 Å². The van der Waals surface area contributed by atoms with E-state index in [1.165, 1.54) is 5.56 Å². The maximum Gasteiger partial charge on any atom is 0.251 e. The zero-order chi connectivity index (χ0) is 15.1. The van der Waals surface area contributed by atoms with Gasteiger partial charge in [-0.3, -0.25) is 4.79 Å². The number of nitrogens with one attached hydrogen (secondary N) is 1. The van der Waals surface area contributed by atoms with Crippen LogP contribution in [0, 0.1) is 13.8 Å².